The third kappa shape index (κ3) is 5.84. The van der Waals surface area contributed by atoms with Crippen molar-refractivity contribution in [1.82, 2.24) is 14.7 Å². The third-order valence-electron chi connectivity index (χ3n) is 5.90. The van der Waals surface area contributed by atoms with Crippen LogP contribution < -0.4 is 0 Å². The predicted octanol–water partition coefficient (Wildman–Crippen LogP) is 2.34. The number of carbonyl (C=O) groups is 1. The second kappa shape index (κ2) is 9.14. The minimum Gasteiger partial charge on any atom is -0.301 e. The van der Waals surface area contributed by atoms with E-state index in [0.717, 1.165) is 38.5 Å². The molecular weight excluding hydrogens is 286 g/mol. The normalized spacial score (nSPS) is 24.2. The molecule has 0 bridgehead atoms. The largest absolute Gasteiger partial charge is 0.301 e. The van der Waals surface area contributed by atoms with Crippen LogP contribution in [0.1, 0.15) is 47.0 Å². The molecule has 2 rings (SSSR count). The van der Waals surface area contributed by atoms with Gasteiger partial charge in [0.25, 0.3) is 0 Å². The predicted molar refractivity (Wildman–Crippen MR) is 96.8 cm³/mol. The lowest BCUT2D eigenvalue weighted by Crippen LogP contribution is -2.50. The lowest BCUT2D eigenvalue weighted by molar-refractivity contribution is -0.124. The molecule has 1 atom stereocenters. The fraction of sp³-hybridized carbons (Fsp3) is 0.947. The quantitative estimate of drug-likeness (QED) is 0.718. The Balaban J connectivity index is 1.64. The van der Waals surface area contributed by atoms with Gasteiger partial charge in [0.2, 0.25) is 0 Å². The molecular formula is C19H37N3O. The van der Waals surface area contributed by atoms with E-state index in [2.05, 4.69) is 42.4 Å². The zero-order valence-corrected chi connectivity index (χ0v) is 15.8. The fourth-order valence-corrected chi connectivity index (χ4v) is 3.75. The molecule has 2 aliphatic rings. The maximum atomic E-state index is 12.1. The average molecular weight is 324 g/mol. The van der Waals surface area contributed by atoms with Crippen molar-refractivity contribution < 1.29 is 4.79 Å². The summed E-state index contributed by atoms with van der Waals surface area (Å²) in [6, 6.07) is 0.697. The van der Waals surface area contributed by atoms with Gasteiger partial charge in [-0.25, -0.2) is 0 Å². The smallest absolute Gasteiger partial charge is 0.149 e. The van der Waals surface area contributed by atoms with Crippen LogP contribution in [0.2, 0.25) is 0 Å². The molecule has 0 aromatic rings. The standard InChI is InChI=1S/C19H37N3O/c1-5-17(4)19(23)15-21-12-10-20(11-13-21)14-18-6-8-22(9-7-18)16(2)3/h16-18H,5-15H2,1-4H3. The Morgan fingerprint density at radius 2 is 1.52 bits per heavy atom. The second-order valence-electron chi connectivity index (χ2n) is 7.93. The van der Waals surface area contributed by atoms with Gasteiger partial charge in [0.05, 0.1) is 6.54 Å². The molecule has 4 nitrogen and oxygen atoms in total. The maximum absolute atomic E-state index is 12.1. The van der Waals surface area contributed by atoms with Crippen LogP contribution in [0.4, 0.5) is 0 Å². The molecule has 0 N–H and O–H groups in total. The van der Waals surface area contributed by atoms with Crippen molar-refractivity contribution in [2.45, 2.75) is 53.0 Å². The van der Waals surface area contributed by atoms with Crippen molar-refractivity contribution in [2.75, 3.05) is 52.4 Å². The summed E-state index contributed by atoms with van der Waals surface area (Å²) < 4.78 is 0. The highest BCUT2D eigenvalue weighted by Crippen LogP contribution is 2.20. The van der Waals surface area contributed by atoms with Crippen LogP contribution in [-0.4, -0.2) is 78.9 Å². The van der Waals surface area contributed by atoms with Crippen LogP contribution >= 0.6 is 0 Å². The van der Waals surface area contributed by atoms with Crippen molar-refractivity contribution in [3.8, 4) is 0 Å². The van der Waals surface area contributed by atoms with Crippen LogP contribution in [0.25, 0.3) is 0 Å². The van der Waals surface area contributed by atoms with Crippen molar-refractivity contribution in [2.24, 2.45) is 11.8 Å². The van der Waals surface area contributed by atoms with Crippen LogP contribution in [0.15, 0.2) is 0 Å². The molecule has 134 valence electrons. The van der Waals surface area contributed by atoms with Gasteiger partial charge in [-0.05, 0) is 52.1 Å². The first-order valence-corrected chi connectivity index (χ1v) is 9.71. The first kappa shape index (κ1) is 18.9. The first-order chi connectivity index (χ1) is 11.0. The van der Waals surface area contributed by atoms with Gasteiger partial charge in [-0.1, -0.05) is 13.8 Å². The van der Waals surface area contributed by atoms with Crippen LogP contribution in [0.5, 0.6) is 0 Å². The third-order valence-corrected chi connectivity index (χ3v) is 5.90. The Morgan fingerprint density at radius 3 is 2.04 bits per heavy atom. The van der Waals surface area contributed by atoms with E-state index in [1.165, 1.54) is 32.5 Å². The molecule has 23 heavy (non-hydrogen) atoms. The minimum atomic E-state index is 0.221. The van der Waals surface area contributed by atoms with E-state index >= 15 is 0 Å². The van der Waals surface area contributed by atoms with Crippen molar-refractivity contribution in [1.29, 1.82) is 0 Å². The summed E-state index contributed by atoms with van der Waals surface area (Å²) in [5.41, 5.74) is 0. The van der Waals surface area contributed by atoms with Gasteiger partial charge in [-0.3, -0.25) is 9.69 Å². The summed E-state index contributed by atoms with van der Waals surface area (Å²) in [4.78, 5) is 19.7. The zero-order chi connectivity index (χ0) is 16.8. The number of carbonyl (C=O) groups excluding carboxylic acids is 1. The number of hydrogen-bond acceptors (Lipinski definition) is 4. The zero-order valence-electron chi connectivity index (χ0n) is 15.8. The lowest BCUT2D eigenvalue weighted by Gasteiger charge is -2.39. The minimum absolute atomic E-state index is 0.221. The highest BCUT2D eigenvalue weighted by molar-refractivity contribution is 5.82. The molecule has 2 aliphatic heterocycles. The van der Waals surface area contributed by atoms with Crippen LogP contribution in [0.3, 0.4) is 0 Å². The molecule has 0 spiro atoms. The summed E-state index contributed by atoms with van der Waals surface area (Å²) in [5.74, 6) is 1.51. The van der Waals surface area contributed by atoms with Crippen molar-refractivity contribution in [3.63, 3.8) is 0 Å². The molecule has 0 saturated carbocycles. The van der Waals surface area contributed by atoms with E-state index in [1.807, 2.05) is 0 Å². The van der Waals surface area contributed by atoms with E-state index in [0.29, 0.717) is 18.4 Å². The van der Waals surface area contributed by atoms with E-state index < -0.39 is 0 Å². The Labute approximate surface area is 143 Å². The Kier molecular flexibility index (Phi) is 7.51. The van der Waals surface area contributed by atoms with Gasteiger partial charge in [-0.2, -0.15) is 0 Å². The van der Waals surface area contributed by atoms with Gasteiger partial charge < -0.3 is 9.80 Å². The van der Waals surface area contributed by atoms with Gasteiger partial charge in [0, 0.05) is 44.7 Å². The van der Waals surface area contributed by atoms with Gasteiger partial charge in [-0.15, -0.1) is 0 Å². The fourth-order valence-electron chi connectivity index (χ4n) is 3.75. The maximum Gasteiger partial charge on any atom is 0.149 e. The molecule has 2 saturated heterocycles. The van der Waals surface area contributed by atoms with Crippen LogP contribution in [0, 0.1) is 11.8 Å². The molecule has 0 radical (unpaired) electrons. The summed E-state index contributed by atoms with van der Waals surface area (Å²) >= 11 is 0. The topological polar surface area (TPSA) is 26.8 Å². The molecule has 0 aromatic heterocycles. The number of Topliss-reactive ketones (excluding diaryl/α,β-unsaturated/α-hetero) is 1. The highest BCUT2D eigenvalue weighted by atomic mass is 16.1. The number of rotatable bonds is 7. The molecule has 1 unspecified atom stereocenters. The molecule has 2 heterocycles. The second-order valence-corrected chi connectivity index (χ2v) is 7.93. The number of piperazine rings is 1. The van der Waals surface area contributed by atoms with Crippen molar-refractivity contribution >= 4 is 5.78 Å². The molecule has 0 amide bonds. The van der Waals surface area contributed by atoms with E-state index in [1.54, 1.807) is 0 Å². The lowest BCUT2D eigenvalue weighted by atomic mass is 9.95. The van der Waals surface area contributed by atoms with Gasteiger partial charge in [0.1, 0.15) is 5.78 Å². The summed E-state index contributed by atoms with van der Waals surface area (Å²) in [7, 11) is 0. The van der Waals surface area contributed by atoms with Crippen LogP contribution in [-0.2, 0) is 4.79 Å². The Hall–Kier alpha value is -0.450. The molecule has 4 heteroatoms. The van der Waals surface area contributed by atoms with E-state index in [4.69, 9.17) is 0 Å². The Morgan fingerprint density at radius 1 is 0.957 bits per heavy atom. The van der Waals surface area contributed by atoms with E-state index in [-0.39, 0.29) is 5.92 Å². The highest BCUT2D eigenvalue weighted by Gasteiger charge is 2.25. The summed E-state index contributed by atoms with van der Waals surface area (Å²) in [6.07, 6.45) is 3.67. The van der Waals surface area contributed by atoms with Gasteiger partial charge >= 0.3 is 0 Å². The summed E-state index contributed by atoms with van der Waals surface area (Å²) in [6.45, 7) is 17.6. The van der Waals surface area contributed by atoms with Crippen molar-refractivity contribution in [3.05, 3.63) is 0 Å². The average Bonchev–Trinajstić information content (AvgIpc) is 2.56. The summed E-state index contributed by atoms with van der Waals surface area (Å²) in [5, 5.41) is 0. The Bertz CT molecular complexity index is 356. The number of hydrogen-bond donors (Lipinski definition) is 0. The molecule has 2 fully saturated rings. The number of piperidine rings is 1. The first-order valence-electron chi connectivity index (χ1n) is 9.71. The number of likely N-dealkylation sites (tertiary alicyclic amines) is 1. The number of ketones is 1. The van der Waals surface area contributed by atoms with Gasteiger partial charge in [0.15, 0.2) is 0 Å². The monoisotopic (exact) mass is 323 g/mol. The molecule has 0 aromatic carbocycles. The van der Waals surface area contributed by atoms with E-state index in [9.17, 15) is 4.79 Å². The number of nitrogens with zero attached hydrogens (tertiary/aromatic N) is 3. The molecule has 0 aliphatic carbocycles. The SMILES string of the molecule is CCC(C)C(=O)CN1CCN(CC2CCN(C(C)C)CC2)CC1.